The maximum absolute atomic E-state index is 9.81. The molecule has 2 heterocycles. The monoisotopic (exact) mass is 839 g/mol. The van der Waals surface area contributed by atoms with Crippen LogP contribution in [0.15, 0.2) is 102 Å². The Morgan fingerprint density at radius 2 is 1.49 bits per heavy atom. The summed E-state index contributed by atoms with van der Waals surface area (Å²) in [5, 5.41) is 12.1. The minimum absolute atomic E-state index is 0.107. The number of nitrogens with zero attached hydrogens (tertiary/aromatic N) is 1. The average molecular weight is 840 g/mol. The van der Waals surface area contributed by atoms with Gasteiger partial charge in [-0.3, -0.25) is 0 Å². The van der Waals surface area contributed by atoms with E-state index in [1.807, 2.05) is 43.8 Å². The van der Waals surface area contributed by atoms with Gasteiger partial charge in [-0.2, -0.15) is 0 Å². The normalized spacial score (nSPS) is 19.6. The highest BCUT2D eigenvalue weighted by Gasteiger charge is 2.48. The molecule has 324 valence electrons. The Labute approximate surface area is 371 Å². The third kappa shape index (κ3) is 8.44. The quantitative estimate of drug-likeness (QED) is 0.135. The highest BCUT2D eigenvalue weighted by molar-refractivity contribution is 8.00. The third-order valence-electron chi connectivity index (χ3n) is 13.1. The fourth-order valence-corrected chi connectivity index (χ4v) is 12.3. The summed E-state index contributed by atoms with van der Waals surface area (Å²) in [4.78, 5) is 3.08. The number of fused-ring (bicyclic) bond motifs is 8. The predicted molar refractivity (Wildman–Crippen MR) is 260 cm³/mol. The highest BCUT2D eigenvalue weighted by Crippen LogP contribution is 2.61. The van der Waals surface area contributed by atoms with Crippen LogP contribution in [0.4, 0.5) is 5.69 Å². The molecule has 0 bridgehead atoms. The summed E-state index contributed by atoms with van der Waals surface area (Å²) in [5.41, 5.74) is 7.40. The Bertz CT molecular complexity index is 2250. The Morgan fingerprint density at radius 3 is 2.08 bits per heavy atom. The van der Waals surface area contributed by atoms with Gasteiger partial charge in [0.05, 0.1) is 18.6 Å². The van der Waals surface area contributed by atoms with Crippen molar-refractivity contribution >= 4 is 40.4 Å². The zero-order valence-corrected chi connectivity index (χ0v) is 38.9. The molecule has 8 rings (SSSR count). The molecular weight excluding hydrogens is 771 g/mol. The molecule has 1 spiro atoms. The van der Waals surface area contributed by atoms with E-state index in [0.717, 1.165) is 71.7 Å². The number of methoxy groups -OCH3 is 1. The van der Waals surface area contributed by atoms with Gasteiger partial charge in [0.2, 0.25) is 0 Å². The van der Waals surface area contributed by atoms with Crippen LogP contribution in [0.25, 0.3) is 22.9 Å². The second-order valence-corrected chi connectivity index (χ2v) is 19.4. The molecule has 0 aromatic heterocycles. The summed E-state index contributed by atoms with van der Waals surface area (Å²) in [6, 6.07) is 21.9. The summed E-state index contributed by atoms with van der Waals surface area (Å²) >= 11 is 1.91. The molecule has 4 aromatic rings. The first kappa shape index (κ1) is 44.7. The van der Waals surface area contributed by atoms with E-state index in [4.69, 9.17) is 14.2 Å². The fourth-order valence-electron chi connectivity index (χ4n) is 10.6. The molecule has 5 nitrogen and oxygen atoms in total. The topological polar surface area (TPSA) is 51.2 Å². The molecule has 6 heteroatoms. The van der Waals surface area contributed by atoms with Gasteiger partial charge < -0.3 is 24.2 Å². The van der Waals surface area contributed by atoms with Crippen LogP contribution in [0.1, 0.15) is 134 Å². The van der Waals surface area contributed by atoms with Gasteiger partial charge in [0.15, 0.2) is 10.5 Å². The van der Waals surface area contributed by atoms with Crippen LogP contribution >= 0.6 is 11.8 Å². The van der Waals surface area contributed by atoms with Gasteiger partial charge in [0, 0.05) is 46.3 Å². The first-order valence-electron chi connectivity index (χ1n) is 23.2. The van der Waals surface area contributed by atoms with Crippen LogP contribution in [0.2, 0.25) is 0 Å². The van der Waals surface area contributed by atoms with Crippen molar-refractivity contribution in [2.24, 2.45) is 11.8 Å². The first-order chi connectivity index (χ1) is 29.6. The van der Waals surface area contributed by atoms with Gasteiger partial charge in [-0.1, -0.05) is 141 Å². The molecular formula is C55H69NO4S. The Morgan fingerprint density at radius 1 is 0.852 bits per heavy atom. The van der Waals surface area contributed by atoms with Crippen molar-refractivity contribution in [1.82, 2.24) is 0 Å². The molecule has 2 aliphatic carbocycles. The van der Waals surface area contributed by atoms with E-state index in [-0.39, 0.29) is 17.0 Å². The number of likely N-dealkylation sites (N-methyl/N-ethyl adjacent to an activating group) is 1. The summed E-state index contributed by atoms with van der Waals surface area (Å²) in [5.74, 6) is 3.74. The van der Waals surface area contributed by atoms with E-state index in [9.17, 15) is 5.11 Å². The van der Waals surface area contributed by atoms with Crippen molar-refractivity contribution < 1.29 is 19.3 Å². The molecule has 0 amide bonds. The van der Waals surface area contributed by atoms with Crippen LogP contribution in [0.3, 0.4) is 0 Å². The van der Waals surface area contributed by atoms with E-state index in [1.165, 1.54) is 64.6 Å². The van der Waals surface area contributed by atoms with Crippen LogP contribution in [-0.4, -0.2) is 36.8 Å². The van der Waals surface area contributed by atoms with Gasteiger partial charge in [0.1, 0.15) is 17.2 Å². The third-order valence-corrected chi connectivity index (χ3v) is 14.4. The molecule has 4 aliphatic rings. The number of allylic oxidation sites excluding steroid dienone is 4. The SMILES string of the molecule is C=C/C=C\C1=Cc2c(c3c(c4cc5c(cc24)OC(CC(C)C)(CC(C)C)S5)OC(c2ccc(OC)cc2)(c2ccc(N(CC)CCO)cc2)C=C3)C12CCCCCCC2.CC. The van der Waals surface area contributed by atoms with Crippen molar-refractivity contribution in [1.29, 1.82) is 0 Å². The largest absolute Gasteiger partial charge is 0.497 e. The molecule has 4 aromatic carbocycles. The summed E-state index contributed by atoms with van der Waals surface area (Å²) in [6.45, 7) is 20.9. The lowest BCUT2D eigenvalue weighted by Crippen LogP contribution is -2.36. The highest BCUT2D eigenvalue weighted by atomic mass is 32.2. The van der Waals surface area contributed by atoms with E-state index >= 15 is 0 Å². The zero-order chi connectivity index (χ0) is 43.4. The van der Waals surface area contributed by atoms with Gasteiger partial charge in [-0.05, 0) is 115 Å². The second kappa shape index (κ2) is 18.9. The molecule has 0 saturated heterocycles. The summed E-state index contributed by atoms with van der Waals surface area (Å²) < 4.78 is 20.7. The standard InChI is InChI=1S/C53H63NO4S.C2H6/c1-8-10-16-40-31-45-44-32-47-48(59-52(57-47,34-36(3)4)35-37(5)6)33-46(44)50-43(49(45)51(40)26-14-12-11-13-15-27-51)25-28-53(58-50,39-19-23-42(56-7)24-20-39)38-17-21-41(22-18-38)54(9-2)29-30-55;1-2/h8,10,16-25,28,31-33,36-37,55H,1,9,11-15,26-27,29-30,34-35H2,2-7H3;1-2H3/b16-10-;. The van der Waals surface area contributed by atoms with Crippen molar-refractivity contribution in [3.63, 3.8) is 0 Å². The van der Waals surface area contributed by atoms with Crippen molar-refractivity contribution in [3.05, 3.63) is 125 Å². The number of benzene rings is 4. The number of aliphatic hydroxyl groups excluding tert-OH is 1. The number of aliphatic hydroxyl groups is 1. The lowest BCUT2D eigenvalue weighted by atomic mass is 9.66. The van der Waals surface area contributed by atoms with Crippen LogP contribution in [0.5, 0.6) is 17.2 Å². The van der Waals surface area contributed by atoms with E-state index in [1.54, 1.807) is 7.11 Å². The van der Waals surface area contributed by atoms with Crippen LogP contribution in [0, 0.1) is 11.8 Å². The number of thioether (sulfide) groups is 1. The maximum Gasteiger partial charge on any atom is 0.178 e. The predicted octanol–water partition coefficient (Wildman–Crippen LogP) is 14.4. The summed E-state index contributed by atoms with van der Waals surface area (Å²) in [7, 11) is 1.71. The molecule has 2 aliphatic heterocycles. The van der Waals surface area contributed by atoms with Gasteiger partial charge in [-0.15, -0.1) is 0 Å². The van der Waals surface area contributed by atoms with Crippen molar-refractivity contribution in [2.45, 2.75) is 127 Å². The minimum atomic E-state index is -0.916. The Hall–Kier alpha value is -4.39. The van der Waals surface area contributed by atoms with Gasteiger partial charge >= 0.3 is 0 Å². The van der Waals surface area contributed by atoms with E-state index < -0.39 is 5.60 Å². The van der Waals surface area contributed by atoms with Gasteiger partial charge in [0.25, 0.3) is 0 Å². The number of hydrogen-bond acceptors (Lipinski definition) is 6. The molecule has 1 unspecified atom stereocenters. The van der Waals surface area contributed by atoms with Crippen LogP contribution < -0.4 is 19.1 Å². The van der Waals surface area contributed by atoms with Gasteiger partial charge in [-0.25, -0.2) is 0 Å². The molecule has 1 atom stereocenters. The lowest BCUT2D eigenvalue weighted by Gasteiger charge is -2.41. The summed E-state index contributed by atoms with van der Waals surface area (Å²) in [6.07, 6.45) is 24.0. The number of hydrogen-bond donors (Lipinski definition) is 1. The molecule has 0 radical (unpaired) electrons. The Kier molecular flexibility index (Phi) is 13.9. The fraction of sp³-hybridized carbons (Fsp3) is 0.455. The number of rotatable bonds is 13. The molecule has 1 saturated carbocycles. The zero-order valence-electron chi connectivity index (χ0n) is 38.1. The van der Waals surface area contributed by atoms with E-state index in [2.05, 4.69) is 125 Å². The average Bonchev–Trinajstić information content (AvgIpc) is 3.77. The first-order valence-corrected chi connectivity index (χ1v) is 24.0. The van der Waals surface area contributed by atoms with E-state index in [0.29, 0.717) is 18.4 Å². The number of ether oxygens (including phenoxy) is 3. The molecule has 1 N–H and O–H groups in total. The van der Waals surface area contributed by atoms with Crippen molar-refractivity contribution in [3.8, 4) is 17.2 Å². The molecule has 1 fully saturated rings. The number of anilines is 1. The van der Waals surface area contributed by atoms with Crippen LogP contribution in [-0.2, 0) is 11.0 Å². The van der Waals surface area contributed by atoms with Crippen molar-refractivity contribution in [2.75, 3.05) is 31.7 Å². The maximum atomic E-state index is 9.81. The minimum Gasteiger partial charge on any atom is -0.497 e. The molecule has 61 heavy (non-hydrogen) atoms. The smallest absolute Gasteiger partial charge is 0.178 e. The Balaban J connectivity index is 0.00000277. The lowest BCUT2D eigenvalue weighted by molar-refractivity contribution is 0.122. The second-order valence-electron chi connectivity index (χ2n) is 18.0.